The van der Waals surface area contributed by atoms with Gasteiger partial charge in [0.25, 0.3) is 0 Å². The van der Waals surface area contributed by atoms with Crippen LogP contribution < -0.4 is 25.5 Å². The molecule has 2 bridgehead atoms. The van der Waals surface area contributed by atoms with Crippen LogP contribution in [0.15, 0.2) is 58.7 Å². The van der Waals surface area contributed by atoms with Gasteiger partial charge >= 0.3 is 6.01 Å². The molecule has 0 aliphatic carbocycles. The zero-order valence-electron chi connectivity index (χ0n) is 25.5. The van der Waals surface area contributed by atoms with Crippen molar-refractivity contribution in [3.8, 4) is 6.01 Å². The Morgan fingerprint density at radius 3 is 2.45 bits per heavy atom. The first-order valence-corrected chi connectivity index (χ1v) is 15.5. The fourth-order valence-electron chi connectivity index (χ4n) is 5.43. The molecule has 42 heavy (non-hydrogen) atoms. The number of halogens is 2. The van der Waals surface area contributed by atoms with E-state index in [1.54, 1.807) is 6.08 Å². The molecule has 226 valence electrons. The highest BCUT2D eigenvalue weighted by atomic mass is 35.5. The monoisotopic (exact) mass is 593 g/mol. The predicted molar refractivity (Wildman–Crippen MR) is 174 cm³/mol. The van der Waals surface area contributed by atoms with Gasteiger partial charge in [0.05, 0.1) is 6.61 Å². The smallest absolute Gasteiger partial charge is 0.319 e. The second-order valence-corrected chi connectivity index (χ2v) is 12.1. The molecule has 0 saturated carbocycles. The van der Waals surface area contributed by atoms with Crippen LogP contribution in [-0.4, -0.2) is 67.3 Å². The number of hydrogen-bond donors (Lipinski definition) is 1. The topological polar surface area (TPSA) is 53.5 Å². The Morgan fingerprint density at radius 2 is 1.76 bits per heavy atom. The summed E-state index contributed by atoms with van der Waals surface area (Å²) >= 11 is 6.82. The molecule has 1 aromatic carbocycles. The van der Waals surface area contributed by atoms with E-state index in [4.69, 9.17) is 21.3 Å². The summed E-state index contributed by atoms with van der Waals surface area (Å²) in [6.07, 6.45) is 15.0. The minimum absolute atomic E-state index is 0.182. The first kappa shape index (κ1) is 31.9. The molecule has 3 heterocycles. The van der Waals surface area contributed by atoms with Gasteiger partial charge in [0.2, 0.25) is 0 Å². The van der Waals surface area contributed by atoms with E-state index in [0.717, 1.165) is 74.9 Å². The van der Waals surface area contributed by atoms with Gasteiger partial charge in [-0.2, -0.15) is 9.97 Å². The average Bonchev–Trinajstić information content (AvgIpc) is 3.32. The number of piperazine rings is 1. The number of aromatic nitrogens is 2. The second-order valence-electron chi connectivity index (χ2n) is 11.7. The number of fused-ring (bicyclic) bond motifs is 2. The van der Waals surface area contributed by atoms with Crippen LogP contribution in [0.5, 0.6) is 6.01 Å². The van der Waals surface area contributed by atoms with Gasteiger partial charge in [-0.15, -0.1) is 0 Å². The lowest BCUT2D eigenvalue weighted by atomic mass is 10.1. The van der Waals surface area contributed by atoms with Crippen molar-refractivity contribution in [1.29, 1.82) is 0 Å². The van der Waals surface area contributed by atoms with Crippen LogP contribution in [0.4, 0.5) is 10.2 Å². The van der Waals surface area contributed by atoms with E-state index in [1.807, 2.05) is 37.3 Å². The van der Waals surface area contributed by atoms with Crippen LogP contribution in [0, 0.1) is 0 Å². The zero-order valence-corrected chi connectivity index (χ0v) is 26.2. The number of hydrogen-bond acceptors (Lipinski definition) is 6. The Bertz CT molecular complexity index is 1380. The number of unbranched alkanes of at least 4 members (excludes halogenated alkanes) is 3. The highest BCUT2D eigenvalue weighted by Gasteiger charge is 2.33. The quantitative estimate of drug-likeness (QED) is 0.242. The Morgan fingerprint density at radius 1 is 1.05 bits per heavy atom. The molecule has 2 unspecified atom stereocenters. The van der Waals surface area contributed by atoms with Crippen molar-refractivity contribution < 1.29 is 9.13 Å². The third-order valence-corrected chi connectivity index (χ3v) is 8.13. The second kappa shape index (κ2) is 16.0. The van der Waals surface area contributed by atoms with Crippen LogP contribution in [0.2, 0.25) is 0 Å². The SMILES string of the molecule is CC(=C/c1ccccc1)/C=C/C(C)=C(Cl)/C=c1/c(N2CC3CCC(C2)N3)nc(OCCCCCCN(C)C)n/c1=C\F. The van der Waals surface area contributed by atoms with Crippen molar-refractivity contribution in [2.75, 3.05) is 45.2 Å². The molecule has 2 atom stereocenters. The molecule has 2 fully saturated rings. The predicted octanol–water partition coefficient (Wildman–Crippen LogP) is 5.58. The standard InChI is InChI=1S/C34H45ClFN5O/c1-25(20-27-12-8-7-9-13-27)14-15-26(2)31(35)21-30-32(22-36)38-34(42-19-11-6-5-10-18-40(3)4)39-33(30)41-23-28-16-17-29(24-41)37-28/h7-9,12-15,20-22,28-29,37H,5-6,10-11,16-19,23-24H2,1-4H3/b15-14+,25-20-,30-21+,31-26-,32-22-. The summed E-state index contributed by atoms with van der Waals surface area (Å²) in [6.45, 7) is 7.20. The van der Waals surface area contributed by atoms with Gasteiger partial charge in [-0.05, 0) is 77.4 Å². The van der Waals surface area contributed by atoms with Gasteiger partial charge in [-0.1, -0.05) is 78.6 Å². The maximum absolute atomic E-state index is 14.4. The van der Waals surface area contributed by atoms with E-state index in [2.05, 4.69) is 59.3 Å². The number of rotatable bonds is 13. The fourth-order valence-corrected chi connectivity index (χ4v) is 5.61. The molecule has 6 nitrogen and oxygen atoms in total. The highest BCUT2D eigenvalue weighted by molar-refractivity contribution is 6.34. The lowest BCUT2D eigenvalue weighted by Gasteiger charge is -2.34. The van der Waals surface area contributed by atoms with Crippen LogP contribution >= 0.6 is 11.6 Å². The summed E-state index contributed by atoms with van der Waals surface area (Å²) in [6, 6.07) is 11.2. The first-order chi connectivity index (χ1) is 20.3. The summed E-state index contributed by atoms with van der Waals surface area (Å²) in [7, 11) is 4.18. The van der Waals surface area contributed by atoms with Gasteiger partial charge < -0.3 is 19.9 Å². The highest BCUT2D eigenvalue weighted by Crippen LogP contribution is 2.23. The largest absolute Gasteiger partial charge is 0.463 e. The molecule has 0 spiro atoms. The summed E-state index contributed by atoms with van der Waals surface area (Å²) in [5.74, 6) is 0.670. The summed E-state index contributed by atoms with van der Waals surface area (Å²) in [5.41, 5.74) is 3.10. The van der Waals surface area contributed by atoms with E-state index in [0.29, 0.717) is 41.1 Å². The van der Waals surface area contributed by atoms with Crippen molar-refractivity contribution in [2.24, 2.45) is 0 Å². The van der Waals surface area contributed by atoms with Gasteiger partial charge in [-0.3, -0.25) is 0 Å². The Balaban J connectivity index is 1.58. The molecule has 1 N–H and O–H groups in total. The number of anilines is 1. The molecule has 1 aromatic heterocycles. The van der Waals surface area contributed by atoms with Crippen molar-refractivity contribution >= 4 is 35.9 Å². The number of allylic oxidation sites excluding steroid dienone is 5. The Kier molecular flexibility index (Phi) is 12.2. The van der Waals surface area contributed by atoms with E-state index < -0.39 is 0 Å². The van der Waals surface area contributed by atoms with Crippen LogP contribution in [-0.2, 0) is 0 Å². The van der Waals surface area contributed by atoms with Crippen LogP contribution in [0.25, 0.3) is 18.5 Å². The minimum Gasteiger partial charge on any atom is -0.463 e. The molecule has 0 radical (unpaired) electrons. The maximum atomic E-state index is 14.4. The maximum Gasteiger partial charge on any atom is 0.319 e. The Hall–Kier alpha value is -3.00. The van der Waals surface area contributed by atoms with E-state index in [-0.39, 0.29) is 11.4 Å². The van der Waals surface area contributed by atoms with E-state index >= 15 is 0 Å². The Labute approximate surface area is 255 Å². The molecule has 8 heteroatoms. The number of nitrogens with one attached hydrogen (secondary N) is 1. The summed E-state index contributed by atoms with van der Waals surface area (Å²) in [4.78, 5) is 13.7. The molecule has 2 aliphatic heterocycles. The first-order valence-electron chi connectivity index (χ1n) is 15.1. The van der Waals surface area contributed by atoms with Gasteiger partial charge in [-0.25, -0.2) is 4.39 Å². The molecular weight excluding hydrogens is 549 g/mol. The number of nitrogens with zero attached hydrogens (tertiary/aromatic N) is 4. The van der Waals surface area contributed by atoms with Gasteiger partial charge in [0.1, 0.15) is 17.5 Å². The number of ether oxygens (including phenoxy) is 1. The zero-order chi connectivity index (χ0) is 29.9. The van der Waals surface area contributed by atoms with Crippen LogP contribution in [0.1, 0.15) is 57.9 Å². The fraction of sp³-hybridized carbons (Fsp3) is 0.471. The molecule has 2 aliphatic rings. The lowest BCUT2D eigenvalue weighted by molar-refractivity contribution is 0.278. The molecule has 2 aromatic rings. The van der Waals surface area contributed by atoms with Crippen molar-refractivity contribution in [2.45, 2.75) is 64.5 Å². The molecule has 0 amide bonds. The van der Waals surface area contributed by atoms with Crippen molar-refractivity contribution in [3.63, 3.8) is 0 Å². The number of benzene rings is 1. The van der Waals surface area contributed by atoms with Gasteiger partial charge in [0.15, 0.2) is 0 Å². The third-order valence-electron chi connectivity index (χ3n) is 7.72. The van der Waals surface area contributed by atoms with Crippen molar-refractivity contribution in [1.82, 2.24) is 20.2 Å². The molecule has 4 rings (SSSR count). The van der Waals surface area contributed by atoms with E-state index in [1.165, 1.54) is 0 Å². The normalized spacial score (nSPS) is 20.6. The van der Waals surface area contributed by atoms with Crippen molar-refractivity contribution in [3.05, 3.63) is 74.8 Å². The molecular formula is C34H45ClFN5O. The van der Waals surface area contributed by atoms with Crippen LogP contribution in [0.3, 0.4) is 0 Å². The summed E-state index contributed by atoms with van der Waals surface area (Å²) in [5, 5.41) is 4.93. The average molecular weight is 594 g/mol. The van der Waals surface area contributed by atoms with E-state index in [9.17, 15) is 4.39 Å². The third kappa shape index (κ3) is 9.51. The van der Waals surface area contributed by atoms with Gasteiger partial charge in [0, 0.05) is 35.4 Å². The molecule has 2 saturated heterocycles. The lowest BCUT2D eigenvalue weighted by Crippen LogP contribution is -2.53. The summed E-state index contributed by atoms with van der Waals surface area (Å²) < 4.78 is 20.3. The minimum atomic E-state index is 0.182.